The number of halogens is 2. The molecular formula is C20H28F2N2O2. The van der Waals surface area contributed by atoms with Crippen LogP contribution in [0.2, 0.25) is 0 Å². The van der Waals surface area contributed by atoms with E-state index in [4.69, 9.17) is 4.84 Å². The summed E-state index contributed by atoms with van der Waals surface area (Å²) in [4.78, 5) is 20.0. The van der Waals surface area contributed by atoms with Gasteiger partial charge in [-0.25, -0.2) is 8.78 Å². The van der Waals surface area contributed by atoms with Gasteiger partial charge in [0.1, 0.15) is 0 Å². The maximum Gasteiger partial charge on any atom is 0.223 e. The van der Waals surface area contributed by atoms with E-state index in [2.05, 4.69) is 0 Å². The molecule has 4 nitrogen and oxygen atoms in total. The van der Waals surface area contributed by atoms with Crippen LogP contribution in [-0.2, 0) is 16.1 Å². The summed E-state index contributed by atoms with van der Waals surface area (Å²) in [5, 5.41) is 1.91. The molecule has 2 aliphatic rings. The number of carbonyl (C=O) groups excluding carboxylic acids is 1. The van der Waals surface area contributed by atoms with Gasteiger partial charge < -0.3 is 4.90 Å². The van der Waals surface area contributed by atoms with Crippen LogP contribution in [0.15, 0.2) is 18.2 Å². The van der Waals surface area contributed by atoms with Crippen LogP contribution < -0.4 is 0 Å². The minimum atomic E-state index is -0.805. The number of rotatable bonds is 6. The molecular weight excluding hydrogens is 338 g/mol. The SMILES string of the molecule is O=C(CCN1CCCCO1)N1CCC[C@@H](CCc2ccc(F)c(F)c2)C1. The molecule has 3 rings (SSSR count). The van der Waals surface area contributed by atoms with Gasteiger partial charge in [-0.2, -0.15) is 5.06 Å². The van der Waals surface area contributed by atoms with E-state index in [0.29, 0.717) is 25.3 Å². The number of likely N-dealkylation sites (tertiary alicyclic amines) is 1. The topological polar surface area (TPSA) is 32.8 Å². The highest BCUT2D eigenvalue weighted by molar-refractivity contribution is 5.76. The van der Waals surface area contributed by atoms with Gasteiger partial charge >= 0.3 is 0 Å². The second kappa shape index (κ2) is 9.42. The molecule has 0 unspecified atom stereocenters. The number of amides is 1. The first-order valence-corrected chi connectivity index (χ1v) is 9.71. The quantitative estimate of drug-likeness (QED) is 0.772. The average Bonchev–Trinajstić information content (AvgIpc) is 2.68. The van der Waals surface area contributed by atoms with Crippen LogP contribution in [-0.4, -0.2) is 48.7 Å². The number of carbonyl (C=O) groups is 1. The van der Waals surface area contributed by atoms with Crippen LogP contribution in [0, 0.1) is 17.6 Å². The van der Waals surface area contributed by atoms with Gasteiger partial charge in [0.15, 0.2) is 11.6 Å². The number of nitrogens with zero attached hydrogens (tertiary/aromatic N) is 2. The number of benzene rings is 1. The Bertz CT molecular complexity index is 605. The zero-order valence-corrected chi connectivity index (χ0v) is 15.3. The van der Waals surface area contributed by atoms with E-state index in [1.54, 1.807) is 6.07 Å². The second-order valence-electron chi connectivity index (χ2n) is 7.35. The van der Waals surface area contributed by atoms with E-state index in [0.717, 1.165) is 63.9 Å². The first-order chi connectivity index (χ1) is 12.6. The molecule has 0 spiro atoms. The van der Waals surface area contributed by atoms with E-state index in [9.17, 15) is 13.6 Å². The van der Waals surface area contributed by atoms with Crippen LogP contribution >= 0.6 is 0 Å². The summed E-state index contributed by atoms with van der Waals surface area (Å²) in [5.74, 6) is -0.979. The third-order valence-corrected chi connectivity index (χ3v) is 5.35. The first-order valence-electron chi connectivity index (χ1n) is 9.71. The monoisotopic (exact) mass is 366 g/mol. The molecule has 0 N–H and O–H groups in total. The van der Waals surface area contributed by atoms with Crippen molar-refractivity contribution in [3.63, 3.8) is 0 Å². The van der Waals surface area contributed by atoms with Crippen molar-refractivity contribution in [1.29, 1.82) is 0 Å². The number of aryl methyl sites for hydroxylation is 1. The van der Waals surface area contributed by atoms with Gasteiger partial charge in [0, 0.05) is 32.6 Å². The van der Waals surface area contributed by atoms with Crippen LogP contribution in [0.5, 0.6) is 0 Å². The van der Waals surface area contributed by atoms with Crippen molar-refractivity contribution in [2.75, 3.05) is 32.8 Å². The minimum absolute atomic E-state index is 0.191. The smallest absolute Gasteiger partial charge is 0.223 e. The molecule has 2 heterocycles. The van der Waals surface area contributed by atoms with Crippen LogP contribution in [0.1, 0.15) is 44.1 Å². The predicted octanol–water partition coefficient (Wildman–Crippen LogP) is 3.55. The number of hydroxylamine groups is 2. The summed E-state index contributed by atoms with van der Waals surface area (Å²) in [6.45, 7) is 3.91. The molecule has 6 heteroatoms. The minimum Gasteiger partial charge on any atom is -0.342 e. The molecule has 1 aromatic rings. The molecule has 0 radical (unpaired) electrons. The molecule has 0 aliphatic carbocycles. The largest absolute Gasteiger partial charge is 0.342 e. The van der Waals surface area contributed by atoms with Gasteiger partial charge in [-0.05, 0) is 62.1 Å². The third kappa shape index (κ3) is 5.48. The van der Waals surface area contributed by atoms with Crippen molar-refractivity contribution in [3.05, 3.63) is 35.4 Å². The summed E-state index contributed by atoms with van der Waals surface area (Å²) in [7, 11) is 0. The van der Waals surface area contributed by atoms with Gasteiger partial charge in [0.2, 0.25) is 5.91 Å². The Hall–Kier alpha value is -1.53. The molecule has 2 fully saturated rings. The Labute approximate surface area is 154 Å². The summed E-state index contributed by atoms with van der Waals surface area (Å²) >= 11 is 0. The first kappa shape index (κ1) is 19.2. The Balaban J connectivity index is 1.42. The number of hydrogen-bond donors (Lipinski definition) is 0. The average molecular weight is 366 g/mol. The van der Waals surface area contributed by atoms with Gasteiger partial charge in [-0.15, -0.1) is 0 Å². The van der Waals surface area contributed by atoms with Gasteiger partial charge in [0.25, 0.3) is 0 Å². The highest BCUT2D eigenvalue weighted by Crippen LogP contribution is 2.23. The molecule has 0 bridgehead atoms. The lowest BCUT2D eigenvalue weighted by Crippen LogP contribution is -2.42. The Morgan fingerprint density at radius 1 is 1.15 bits per heavy atom. The Kier molecular flexibility index (Phi) is 6.97. The van der Waals surface area contributed by atoms with E-state index >= 15 is 0 Å². The van der Waals surface area contributed by atoms with Crippen molar-refractivity contribution in [1.82, 2.24) is 9.96 Å². The highest BCUT2D eigenvalue weighted by Gasteiger charge is 2.24. The van der Waals surface area contributed by atoms with Gasteiger partial charge in [0.05, 0.1) is 6.61 Å². The van der Waals surface area contributed by atoms with Crippen molar-refractivity contribution in [3.8, 4) is 0 Å². The molecule has 1 atom stereocenters. The summed E-state index contributed by atoms with van der Waals surface area (Å²) in [6, 6.07) is 4.10. The van der Waals surface area contributed by atoms with Crippen molar-refractivity contribution < 1.29 is 18.4 Å². The molecule has 1 aromatic carbocycles. The molecule has 0 saturated carbocycles. The predicted molar refractivity (Wildman–Crippen MR) is 95.4 cm³/mol. The fraction of sp³-hybridized carbons (Fsp3) is 0.650. The fourth-order valence-electron chi connectivity index (χ4n) is 3.80. The molecule has 2 saturated heterocycles. The zero-order valence-electron chi connectivity index (χ0n) is 15.3. The molecule has 144 valence electrons. The summed E-state index contributed by atoms with van der Waals surface area (Å²) in [6.07, 6.45) is 6.42. The normalized spacial score (nSPS) is 21.8. The zero-order chi connectivity index (χ0) is 18.4. The number of piperidine rings is 1. The fourth-order valence-corrected chi connectivity index (χ4v) is 3.80. The van der Waals surface area contributed by atoms with Crippen LogP contribution in [0.3, 0.4) is 0 Å². The van der Waals surface area contributed by atoms with Gasteiger partial charge in [-0.1, -0.05) is 6.07 Å². The molecule has 0 aromatic heterocycles. The van der Waals surface area contributed by atoms with E-state index in [1.807, 2.05) is 9.96 Å². The van der Waals surface area contributed by atoms with E-state index in [1.165, 1.54) is 12.1 Å². The molecule has 1 amide bonds. The van der Waals surface area contributed by atoms with Crippen molar-refractivity contribution in [2.45, 2.75) is 44.9 Å². The van der Waals surface area contributed by atoms with Crippen molar-refractivity contribution >= 4 is 5.91 Å². The lowest BCUT2D eigenvalue weighted by Gasteiger charge is -2.34. The maximum absolute atomic E-state index is 13.3. The van der Waals surface area contributed by atoms with Crippen LogP contribution in [0.4, 0.5) is 8.78 Å². The Morgan fingerprint density at radius 3 is 2.81 bits per heavy atom. The molecule has 26 heavy (non-hydrogen) atoms. The third-order valence-electron chi connectivity index (χ3n) is 5.35. The lowest BCUT2D eigenvalue weighted by molar-refractivity contribution is -0.182. The van der Waals surface area contributed by atoms with Gasteiger partial charge in [-0.3, -0.25) is 9.63 Å². The highest BCUT2D eigenvalue weighted by atomic mass is 19.2. The van der Waals surface area contributed by atoms with E-state index in [-0.39, 0.29) is 5.91 Å². The second-order valence-corrected chi connectivity index (χ2v) is 7.35. The number of hydrogen-bond acceptors (Lipinski definition) is 3. The summed E-state index contributed by atoms with van der Waals surface area (Å²) < 4.78 is 26.3. The van der Waals surface area contributed by atoms with Crippen molar-refractivity contribution in [2.24, 2.45) is 5.92 Å². The lowest BCUT2D eigenvalue weighted by atomic mass is 9.91. The summed E-state index contributed by atoms with van der Waals surface area (Å²) in [5.41, 5.74) is 0.814. The molecule has 2 aliphatic heterocycles. The standard InChI is InChI=1S/C20H28F2N2O2/c21-18-8-7-16(14-19(18)22)5-6-17-4-3-10-23(15-17)20(25)9-12-24-11-1-2-13-26-24/h7-8,14,17H,1-6,9-13,15H2/t17-/m0/s1. The van der Waals surface area contributed by atoms with Crippen LogP contribution in [0.25, 0.3) is 0 Å². The van der Waals surface area contributed by atoms with E-state index < -0.39 is 11.6 Å². The maximum atomic E-state index is 13.3. The Morgan fingerprint density at radius 2 is 2.04 bits per heavy atom.